The van der Waals surface area contributed by atoms with Gasteiger partial charge in [0.05, 0.1) is 6.61 Å². The highest BCUT2D eigenvalue weighted by Gasteiger charge is 2.15. The van der Waals surface area contributed by atoms with Gasteiger partial charge in [-0.3, -0.25) is 0 Å². The van der Waals surface area contributed by atoms with E-state index in [0.29, 0.717) is 0 Å². The summed E-state index contributed by atoms with van der Waals surface area (Å²) in [5, 5.41) is 0. The molecule has 0 fully saturated rings. The van der Waals surface area contributed by atoms with Gasteiger partial charge in [-0.1, -0.05) is 12.1 Å². The Bertz CT molecular complexity index is 400. The first-order valence-electron chi connectivity index (χ1n) is 5.14. The summed E-state index contributed by atoms with van der Waals surface area (Å²) in [6.07, 6.45) is 0. The van der Waals surface area contributed by atoms with Crippen molar-refractivity contribution in [1.29, 1.82) is 0 Å². The zero-order chi connectivity index (χ0) is 12.7. The molecule has 0 radical (unpaired) electrons. The van der Waals surface area contributed by atoms with Crippen LogP contribution in [0.15, 0.2) is 24.3 Å². The Morgan fingerprint density at radius 3 is 2.59 bits per heavy atom. The van der Waals surface area contributed by atoms with Crippen LogP contribution in [0.2, 0.25) is 0 Å². The quantitative estimate of drug-likeness (QED) is 0.573. The van der Waals surface area contributed by atoms with Crippen molar-refractivity contribution in [2.75, 3.05) is 20.3 Å². The number of benzene rings is 1. The smallest absolute Gasteiger partial charge is 0.341 e. The molecule has 0 aliphatic heterocycles. The summed E-state index contributed by atoms with van der Waals surface area (Å²) in [7, 11) is 1.39. The van der Waals surface area contributed by atoms with Gasteiger partial charge in [0.15, 0.2) is 0 Å². The molecular weight excluding hydrogens is 224 g/mol. The predicted octanol–water partition coefficient (Wildman–Crippen LogP) is 1.42. The second-order valence-corrected chi connectivity index (χ2v) is 3.12. The first kappa shape index (κ1) is 13.2. The number of para-hydroxylation sites is 1. The van der Waals surface area contributed by atoms with Gasteiger partial charge in [-0.2, -0.15) is 0 Å². The van der Waals surface area contributed by atoms with Crippen LogP contribution >= 0.6 is 0 Å². The molecule has 0 aromatic heterocycles. The van der Waals surface area contributed by atoms with Gasteiger partial charge in [0.2, 0.25) is 0 Å². The number of hydrogen-bond acceptors (Lipinski definition) is 5. The molecule has 5 nitrogen and oxygen atoms in total. The topological polar surface area (TPSA) is 61.8 Å². The second kappa shape index (κ2) is 6.65. The van der Waals surface area contributed by atoms with E-state index in [4.69, 9.17) is 9.47 Å². The molecule has 0 saturated carbocycles. The monoisotopic (exact) mass is 238 g/mol. The van der Waals surface area contributed by atoms with Crippen molar-refractivity contribution in [2.45, 2.75) is 6.92 Å². The van der Waals surface area contributed by atoms with E-state index in [2.05, 4.69) is 4.74 Å². The SMILES string of the molecule is CCOC(=O)c1ccccc1OC(=O)COC. The van der Waals surface area contributed by atoms with E-state index < -0.39 is 11.9 Å². The molecule has 0 spiro atoms. The summed E-state index contributed by atoms with van der Waals surface area (Å²) in [4.78, 5) is 22.8. The zero-order valence-corrected chi connectivity index (χ0v) is 9.76. The van der Waals surface area contributed by atoms with Gasteiger partial charge < -0.3 is 14.2 Å². The summed E-state index contributed by atoms with van der Waals surface area (Å²) in [6.45, 7) is 1.80. The summed E-state index contributed by atoms with van der Waals surface area (Å²) < 4.78 is 14.5. The number of carbonyl (C=O) groups is 2. The zero-order valence-electron chi connectivity index (χ0n) is 9.76. The maximum atomic E-state index is 11.6. The minimum Gasteiger partial charge on any atom is -0.462 e. The van der Waals surface area contributed by atoms with Crippen LogP contribution in [0, 0.1) is 0 Å². The molecule has 17 heavy (non-hydrogen) atoms. The Kier molecular flexibility index (Phi) is 5.16. The number of methoxy groups -OCH3 is 1. The fourth-order valence-electron chi connectivity index (χ4n) is 1.20. The minimum atomic E-state index is -0.566. The highest BCUT2D eigenvalue weighted by atomic mass is 16.6. The van der Waals surface area contributed by atoms with Crippen molar-refractivity contribution in [3.63, 3.8) is 0 Å². The van der Waals surface area contributed by atoms with Crippen molar-refractivity contribution in [3.05, 3.63) is 29.8 Å². The summed E-state index contributed by atoms with van der Waals surface area (Å²) in [5.74, 6) is -0.912. The molecule has 92 valence electrons. The largest absolute Gasteiger partial charge is 0.462 e. The first-order valence-corrected chi connectivity index (χ1v) is 5.14. The van der Waals surface area contributed by atoms with Gasteiger partial charge in [0.25, 0.3) is 0 Å². The molecule has 0 bridgehead atoms. The minimum absolute atomic E-state index is 0.169. The maximum Gasteiger partial charge on any atom is 0.341 e. The van der Waals surface area contributed by atoms with Crippen molar-refractivity contribution in [1.82, 2.24) is 0 Å². The van der Waals surface area contributed by atoms with E-state index in [-0.39, 0.29) is 24.5 Å². The molecule has 0 saturated heterocycles. The number of esters is 2. The second-order valence-electron chi connectivity index (χ2n) is 3.12. The van der Waals surface area contributed by atoms with Crippen LogP contribution in [0.4, 0.5) is 0 Å². The van der Waals surface area contributed by atoms with Crippen molar-refractivity contribution >= 4 is 11.9 Å². The van der Waals surface area contributed by atoms with Gasteiger partial charge >= 0.3 is 11.9 Å². The molecular formula is C12H14O5. The highest BCUT2D eigenvalue weighted by molar-refractivity contribution is 5.93. The molecule has 0 aliphatic carbocycles. The van der Waals surface area contributed by atoms with Crippen molar-refractivity contribution < 1.29 is 23.8 Å². The summed E-state index contributed by atoms with van der Waals surface area (Å²) >= 11 is 0. The van der Waals surface area contributed by atoms with Crippen LogP contribution in [0.5, 0.6) is 5.75 Å². The van der Waals surface area contributed by atoms with Crippen LogP contribution < -0.4 is 4.74 Å². The van der Waals surface area contributed by atoms with Crippen LogP contribution in [0.3, 0.4) is 0 Å². The number of hydrogen-bond donors (Lipinski definition) is 0. The Balaban J connectivity index is 2.84. The van der Waals surface area contributed by atoms with E-state index in [9.17, 15) is 9.59 Å². The lowest BCUT2D eigenvalue weighted by Crippen LogP contribution is -2.16. The standard InChI is InChI=1S/C12H14O5/c1-3-16-12(14)9-6-4-5-7-10(9)17-11(13)8-15-2/h4-7H,3,8H2,1-2H3. The van der Waals surface area contributed by atoms with Crippen LogP contribution in [0.25, 0.3) is 0 Å². The van der Waals surface area contributed by atoms with Crippen LogP contribution in [-0.2, 0) is 14.3 Å². The number of ether oxygens (including phenoxy) is 3. The third kappa shape index (κ3) is 3.88. The lowest BCUT2D eigenvalue weighted by Gasteiger charge is -2.08. The molecule has 5 heteroatoms. The fourth-order valence-corrected chi connectivity index (χ4v) is 1.20. The molecule has 1 aromatic carbocycles. The normalized spacial score (nSPS) is 9.76. The van der Waals surface area contributed by atoms with Crippen molar-refractivity contribution in [3.8, 4) is 5.75 Å². The fraction of sp³-hybridized carbons (Fsp3) is 0.333. The summed E-state index contributed by atoms with van der Waals surface area (Å²) in [6, 6.07) is 6.39. The average Bonchev–Trinajstić information content (AvgIpc) is 2.30. The first-order chi connectivity index (χ1) is 8.19. The van der Waals surface area contributed by atoms with Crippen LogP contribution in [0.1, 0.15) is 17.3 Å². The Hall–Kier alpha value is -1.88. The Morgan fingerprint density at radius 1 is 1.24 bits per heavy atom. The van der Waals surface area contributed by atoms with E-state index in [1.165, 1.54) is 19.2 Å². The Morgan fingerprint density at radius 2 is 1.94 bits per heavy atom. The van der Waals surface area contributed by atoms with Gasteiger partial charge in [0, 0.05) is 7.11 Å². The lowest BCUT2D eigenvalue weighted by molar-refractivity contribution is -0.138. The van der Waals surface area contributed by atoms with E-state index in [1.54, 1.807) is 19.1 Å². The number of carbonyl (C=O) groups excluding carboxylic acids is 2. The Labute approximate surface area is 99.3 Å². The molecule has 0 heterocycles. The predicted molar refractivity (Wildman–Crippen MR) is 59.9 cm³/mol. The summed E-state index contributed by atoms with van der Waals surface area (Å²) in [5.41, 5.74) is 0.221. The van der Waals surface area contributed by atoms with Gasteiger partial charge in [-0.15, -0.1) is 0 Å². The molecule has 0 unspecified atom stereocenters. The third-order valence-electron chi connectivity index (χ3n) is 1.87. The molecule has 1 rings (SSSR count). The molecule has 1 aromatic rings. The van der Waals surface area contributed by atoms with Crippen molar-refractivity contribution in [2.24, 2.45) is 0 Å². The average molecular weight is 238 g/mol. The molecule has 0 amide bonds. The molecule has 0 aliphatic rings. The van der Waals surface area contributed by atoms with E-state index >= 15 is 0 Å². The highest BCUT2D eigenvalue weighted by Crippen LogP contribution is 2.19. The van der Waals surface area contributed by atoms with E-state index in [0.717, 1.165) is 0 Å². The maximum absolute atomic E-state index is 11.6. The van der Waals surface area contributed by atoms with Crippen LogP contribution in [-0.4, -0.2) is 32.3 Å². The molecule has 0 atom stereocenters. The number of rotatable bonds is 5. The third-order valence-corrected chi connectivity index (χ3v) is 1.87. The lowest BCUT2D eigenvalue weighted by atomic mass is 10.2. The molecule has 0 N–H and O–H groups in total. The van der Waals surface area contributed by atoms with Gasteiger partial charge in [-0.05, 0) is 19.1 Å². The van der Waals surface area contributed by atoms with Gasteiger partial charge in [-0.25, -0.2) is 9.59 Å². The van der Waals surface area contributed by atoms with Gasteiger partial charge in [0.1, 0.15) is 17.9 Å². The van der Waals surface area contributed by atoms with E-state index in [1.807, 2.05) is 0 Å².